The monoisotopic (exact) mass is 400 g/mol. The molecule has 1 aromatic carbocycles. The van der Waals surface area contributed by atoms with Crippen molar-refractivity contribution >= 4 is 5.97 Å². The van der Waals surface area contributed by atoms with Crippen molar-refractivity contribution < 1.29 is 19.4 Å². The summed E-state index contributed by atoms with van der Waals surface area (Å²) in [4.78, 5) is 20.3. The predicted molar refractivity (Wildman–Crippen MR) is 113 cm³/mol. The first-order valence-corrected chi connectivity index (χ1v) is 10.5. The molecule has 1 unspecified atom stereocenters. The molecule has 0 aliphatic rings. The zero-order chi connectivity index (χ0) is 20.9. The molecule has 0 bridgehead atoms. The van der Waals surface area contributed by atoms with Crippen LogP contribution in [-0.4, -0.2) is 40.9 Å². The minimum absolute atomic E-state index is 0.465. The maximum atomic E-state index is 11.5. The van der Waals surface area contributed by atoms with E-state index >= 15 is 0 Å². The van der Waals surface area contributed by atoms with Crippen molar-refractivity contribution in [3.63, 3.8) is 0 Å². The fourth-order valence-electron chi connectivity index (χ4n) is 2.99. The molecule has 0 saturated carbocycles. The Morgan fingerprint density at radius 3 is 2.28 bits per heavy atom. The van der Waals surface area contributed by atoms with Gasteiger partial charge in [0, 0.05) is 18.8 Å². The molecule has 6 nitrogen and oxygen atoms in total. The van der Waals surface area contributed by atoms with Crippen LogP contribution in [-0.2, 0) is 9.53 Å². The van der Waals surface area contributed by atoms with Gasteiger partial charge < -0.3 is 14.6 Å². The maximum absolute atomic E-state index is 11.5. The molecule has 1 N–H and O–H groups in total. The number of unbranched alkanes of at least 4 members (excludes halogenated alkanes) is 2. The van der Waals surface area contributed by atoms with Crippen LogP contribution in [0.4, 0.5) is 0 Å². The van der Waals surface area contributed by atoms with Crippen LogP contribution in [0.15, 0.2) is 36.7 Å². The van der Waals surface area contributed by atoms with E-state index in [1.165, 1.54) is 0 Å². The summed E-state index contributed by atoms with van der Waals surface area (Å²) in [6.45, 7) is 6.36. The van der Waals surface area contributed by atoms with Crippen LogP contribution in [0.1, 0.15) is 63.9 Å². The highest BCUT2D eigenvalue weighted by Gasteiger charge is 2.19. The summed E-state index contributed by atoms with van der Waals surface area (Å²) in [5.74, 6) is -0.00315. The Labute approximate surface area is 173 Å². The number of carboxylic acid groups (broad SMARTS) is 1. The van der Waals surface area contributed by atoms with Crippen LogP contribution in [0.3, 0.4) is 0 Å². The number of hydrogen-bond donors (Lipinski definition) is 1. The molecule has 0 fully saturated rings. The van der Waals surface area contributed by atoms with Crippen molar-refractivity contribution in [3.05, 3.63) is 42.2 Å². The highest BCUT2D eigenvalue weighted by atomic mass is 16.5. The van der Waals surface area contributed by atoms with E-state index in [9.17, 15) is 9.90 Å². The summed E-state index contributed by atoms with van der Waals surface area (Å²) < 4.78 is 11.1. The lowest BCUT2D eigenvalue weighted by molar-refractivity contribution is -0.139. The average molecular weight is 401 g/mol. The fraction of sp³-hybridized carbons (Fsp3) is 0.522. The SMILES string of the molecule is CCCCC(C(=O)O)c1ccc(-c2ncc(OCCCCOCCC)cn2)cc1. The largest absolute Gasteiger partial charge is 0.490 e. The number of carbonyl (C=O) groups is 1. The van der Waals surface area contributed by atoms with Crippen molar-refractivity contribution in [2.75, 3.05) is 19.8 Å². The molecule has 29 heavy (non-hydrogen) atoms. The Kier molecular flexibility index (Phi) is 10.1. The molecular weight excluding hydrogens is 368 g/mol. The third-order valence-corrected chi connectivity index (χ3v) is 4.64. The van der Waals surface area contributed by atoms with Crippen LogP contribution < -0.4 is 4.74 Å². The molecule has 1 aromatic heterocycles. The van der Waals surface area contributed by atoms with Gasteiger partial charge in [0.05, 0.1) is 24.9 Å². The van der Waals surface area contributed by atoms with Gasteiger partial charge in [0.15, 0.2) is 11.6 Å². The quantitative estimate of drug-likeness (QED) is 0.445. The Bertz CT molecular complexity index is 717. The van der Waals surface area contributed by atoms with Crippen LogP contribution in [0.25, 0.3) is 11.4 Å². The molecule has 1 atom stereocenters. The lowest BCUT2D eigenvalue weighted by atomic mass is 9.93. The summed E-state index contributed by atoms with van der Waals surface area (Å²) in [6, 6.07) is 7.48. The van der Waals surface area contributed by atoms with Crippen LogP contribution >= 0.6 is 0 Å². The van der Waals surface area contributed by atoms with Crippen molar-refractivity contribution in [1.82, 2.24) is 9.97 Å². The standard InChI is InChI=1S/C23H32N2O4/c1-3-5-8-21(23(26)27)18-9-11-19(12-10-18)22-24-16-20(17-25-22)29-15-7-6-14-28-13-4-2/h9-12,16-17,21H,3-8,13-15H2,1-2H3,(H,26,27). The lowest BCUT2D eigenvalue weighted by Gasteiger charge is -2.12. The zero-order valence-corrected chi connectivity index (χ0v) is 17.5. The number of carboxylic acids is 1. The number of benzene rings is 1. The van der Waals surface area contributed by atoms with Gasteiger partial charge in [-0.2, -0.15) is 0 Å². The molecule has 0 radical (unpaired) electrons. The Morgan fingerprint density at radius 2 is 1.66 bits per heavy atom. The zero-order valence-electron chi connectivity index (χ0n) is 17.5. The topological polar surface area (TPSA) is 81.5 Å². The predicted octanol–water partition coefficient (Wildman–Crippen LogP) is 5.09. The van der Waals surface area contributed by atoms with E-state index in [4.69, 9.17) is 9.47 Å². The van der Waals surface area contributed by atoms with Crippen LogP contribution in [0.5, 0.6) is 5.75 Å². The summed E-state index contributed by atoms with van der Waals surface area (Å²) in [6.07, 6.45) is 8.82. The molecule has 2 rings (SSSR count). The van der Waals surface area contributed by atoms with Gasteiger partial charge in [0.2, 0.25) is 0 Å². The summed E-state index contributed by atoms with van der Waals surface area (Å²) in [7, 11) is 0. The third kappa shape index (κ3) is 7.81. The summed E-state index contributed by atoms with van der Waals surface area (Å²) in [5, 5.41) is 9.47. The van der Waals surface area contributed by atoms with Gasteiger partial charge in [-0.3, -0.25) is 4.79 Å². The van der Waals surface area contributed by atoms with E-state index in [-0.39, 0.29) is 0 Å². The number of aliphatic carboxylic acids is 1. The first kappa shape index (κ1) is 22.8. The van der Waals surface area contributed by atoms with Crippen LogP contribution in [0, 0.1) is 0 Å². The van der Waals surface area contributed by atoms with Crippen molar-refractivity contribution in [2.24, 2.45) is 0 Å². The summed E-state index contributed by atoms with van der Waals surface area (Å²) in [5.41, 5.74) is 1.67. The average Bonchev–Trinajstić information content (AvgIpc) is 2.74. The molecule has 0 saturated heterocycles. The van der Waals surface area contributed by atoms with E-state index in [0.717, 1.165) is 56.4 Å². The second-order valence-corrected chi connectivity index (χ2v) is 7.07. The second kappa shape index (κ2) is 12.9. The maximum Gasteiger partial charge on any atom is 0.310 e. The molecule has 158 valence electrons. The number of hydrogen-bond acceptors (Lipinski definition) is 5. The molecule has 1 heterocycles. The highest BCUT2D eigenvalue weighted by molar-refractivity contribution is 5.76. The van der Waals surface area contributed by atoms with E-state index in [2.05, 4.69) is 23.8 Å². The molecule has 0 aliphatic heterocycles. The minimum Gasteiger partial charge on any atom is -0.490 e. The van der Waals surface area contributed by atoms with Gasteiger partial charge in [-0.05, 0) is 31.2 Å². The highest BCUT2D eigenvalue weighted by Crippen LogP contribution is 2.25. The van der Waals surface area contributed by atoms with Gasteiger partial charge in [-0.25, -0.2) is 9.97 Å². The number of rotatable bonds is 14. The van der Waals surface area contributed by atoms with Gasteiger partial charge in [-0.15, -0.1) is 0 Å². The molecule has 0 spiro atoms. The molecule has 2 aromatic rings. The molecule has 0 aliphatic carbocycles. The fourth-order valence-corrected chi connectivity index (χ4v) is 2.99. The molecule has 6 heteroatoms. The smallest absolute Gasteiger partial charge is 0.310 e. The number of ether oxygens (including phenoxy) is 2. The number of nitrogens with zero attached hydrogens (tertiary/aromatic N) is 2. The Morgan fingerprint density at radius 1 is 0.966 bits per heavy atom. The van der Waals surface area contributed by atoms with E-state index < -0.39 is 11.9 Å². The van der Waals surface area contributed by atoms with E-state index in [1.54, 1.807) is 12.4 Å². The Hall–Kier alpha value is -2.47. The summed E-state index contributed by atoms with van der Waals surface area (Å²) >= 11 is 0. The van der Waals surface area contributed by atoms with E-state index in [0.29, 0.717) is 24.6 Å². The van der Waals surface area contributed by atoms with Gasteiger partial charge in [0.25, 0.3) is 0 Å². The molecular formula is C23H32N2O4. The van der Waals surface area contributed by atoms with Gasteiger partial charge in [0.1, 0.15) is 0 Å². The minimum atomic E-state index is -0.777. The first-order chi connectivity index (χ1) is 14.2. The normalized spacial score (nSPS) is 11.9. The lowest BCUT2D eigenvalue weighted by Crippen LogP contribution is -2.11. The van der Waals surface area contributed by atoms with Crippen molar-refractivity contribution in [2.45, 2.75) is 58.3 Å². The van der Waals surface area contributed by atoms with Gasteiger partial charge in [-0.1, -0.05) is 51.0 Å². The second-order valence-electron chi connectivity index (χ2n) is 7.07. The van der Waals surface area contributed by atoms with E-state index in [1.807, 2.05) is 24.3 Å². The third-order valence-electron chi connectivity index (χ3n) is 4.64. The Balaban J connectivity index is 1.86. The van der Waals surface area contributed by atoms with Crippen LogP contribution in [0.2, 0.25) is 0 Å². The first-order valence-electron chi connectivity index (χ1n) is 10.5. The molecule has 0 amide bonds. The van der Waals surface area contributed by atoms with Gasteiger partial charge >= 0.3 is 5.97 Å². The van der Waals surface area contributed by atoms with Crippen molar-refractivity contribution in [1.29, 1.82) is 0 Å². The number of aromatic nitrogens is 2. The van der Waals surface area contributed by atoms with Crippen molar-refractivity contribution in [3.8, 4) is 17.1 Å².